The van der Waals surface area contributed by atoms with E-state index < -0.39 is 118 Å². The molecule has 14 aromatic carbocycles. The second kappa shape index (κ2) is 25.0. The van der Waals surface area contributed by atoms with Crippen molar-refractivity contribution in [2.45, 2.75) is 0 Å². The van der Waals surface area contributed by atoms with Crippen LogP contribution in [0.15, 0.2) is 249 Å². The lowest BCUT2D eigenvalue weighted by Gasteiger charge is -2.42. The van der Waals surface area contributed by atoms with Crippen LogP contribution in [0.4, 0.5) is 121 Å². The van der Waals surface area contributed by atoms with Crippen LogP contribution in [-0.2, 0) is 0 Å². The van der Waals surface area contributed by atoms with Crippen molar-refractivity contribution in [2.24, 2.45) is 0 Å². The number of hydrogen-bond donors (Lipinski definition) is 0. The molecule has 6 aliphatic rings. The normalized spacial score (nSPS) is 13.2. The molecule has 0 amide bonds. The van der Waals surface area contributed by atoms with Crippen LogP contribution < -0.4 is 91.1 Å². The fraction of sp³-hybridized carbons (Fsp3) is 0. The molecule has 2 aromatic heterocycles. The van der Waals surface area contributed by atoms with Gasteiger partial charge in [-0.15, -0.1) is 22.7 Å². The zero-order valence-electron chi connectivity index (χ0n) is 58.1. The molecule has 548 valence electrons. The van der Waals surface area contributed by atoms with Gasteiger partial charge in [0.2, 0.25) is 0 Å². The van der Waals surface area contributed by atoms with Crippen LogP contribution in [0.3, 0.4) is 0 Å². The molecule has 0 atom stereocenters. The van der Waals surface area contributed by atoms with Crippen molar-refractivity contribution in [1.82, 2.24) is 0 Å². The lowest BCUT2D eigenvalue weighted by molar-refractivity contribution is 0.452. The molecular weight excluding hydrogens is 1520 g/mol. The number of benzene rings is 14. The van der Waals surface area contributed by atoms with E-state index in [-0.39, 0.29) is 85.7 Å². The Kier molecular flexibility index (Phi) is 14.8. The summed E-state index contributed by atoms with van der Waals surface area (Å²) in [5.74, 6) is -11.8. The summed E-state index contributed by atoms with van der Waals surface area (Å²) in [6.45, 7) is -2.87. The molecule has 0 spiro atoms. The van der Waals surface area contributed by atoms with Crippen LogP contribution in [0.5, 0.6) is 57.5 Å². The zero-order valence-corrected chi connectivity index (χ0v) is 59.7. The van der Waals surface area contributed by atoms with Gasteiger partial charge in [0.15, 0.2) is 0 Å². The highest BCUT2D eigenvalue weighted by Crippen LogP contribution is 2.54. The maximum absolute atomic E-state index is 17.7. The minimum Gasteiger partial charge on any atom is -0.458 e. The summed E-state index contributed by atoms with van der Waals surface area (Å²) in [6.07, 6.45) is 0. The van der Waals surface area contributed by atoms with Crippen molar-refractivity contribution < 1.29 is 76.4 Å². The molecule has 6 aliphatic heterocycles. The Labute approximate surface area is 647 Å². The third-order valence-corrected chi connectivity index (χ3v) is 24.1. The molecule has 0 fully saturated rings. The zero-order chi connectivity index (χ0) is 77.1. The summed E-state index contributed by atoms with van der Waals surface area (Å²) in [5.41, 5.74) is 0.151. The molecule has 0 saturated carbocycles. The van der Waals surface area contributed by atoms with Crippen molar-refractivity contribution in [1.29, 1.82) is 0 Å². The maximum atomic E-state index is 17.7. The first-order valence-electron chi connectivity index (χ1n) is 35.7. The average molecular weight is 1560 g/mol. The second-order valence-corrected chi connectivity index (χ2v) is 30.2. The molecule has 8 heterocycles. The largest absolute Gasteiger partial charge is 0.458 e. The number of halogens is 12. The quantitative estimate of drug-likeness (QED) is 0.0984. The molecule has 0 N–H and O–H groups in total. The topological polar surface area (TPSA) is 59.1 Å². The molecule has 22 rings (SSSR count). The Morgan fingerprint density at radius 3 is 1.05 bits per heavy atom. The molecule has 0 bridgehead atoms. The third kappa shape index (κ3) is 9.98. The standard InChI is InChI=1S/C88H41B3F12N4O5S2/c92-42-26-28-75-49(30-42)85-87(113-75)90-51-38-52-67(40-65(51)107(84-63(102)24-11-25-64(84)103)66-32-46(33-70(111-85)77(66)90)105(80-55(94)16-7-17-56(80)95)81-57(96)18-8-19-58(81)97)108-71-34-47(104(44-12-3-1-4-13-44)45-14-5-2-6-15-45)35-72-78(71)89(52)53-39-54-69(41-68(53)109-72)110-73-36-48(106(82-59(98)20-9-21-60(82)99)83-61(100)22-10-23-62(83)101)37-74-79(73)91(54)88-86(112-74)50-31-43(93)27-29-76(50)114-88/h1-41H. The van der Waals surface area contributed by atoms with E-state index in [1.165, 1.54) is 82.2 Å². The first-order chi connectivity index (χ1) is 55.5. The summed E-state index contributed by atoms with van der Waals surface area (Å²) in [4.78, 5) is 4.72. The van der Waals surface area contributed by atoms with Crippen LogP contribution in [0.25, 0.3) is 20.2 Å². The molecule has 114 heavy (non-hydrogen) atoms. The van der Waals surface area contributed by atoms with Crippen LogP contribution in [0.2, 0.25) is 0 Å². The number of anilines is 12. The van der Waals surface area contributed by atoms with Crippen LogP contribution in [0, 0.1) is 69.8 Å². The number of ether oxygens (including phenoxy) is 5. The summed E-state index contributed by atoms with van der Waals surface area (Å²) in [5, 5.41) is 0.656. The highest BCUT2D eigenvalue weighted by molar-refractivity contribution is 7.34. The molecule has 0 radical (unpaired) electrons. The van der Waals surface area contributed by atoms with E-state index in [1.807, 2.05) is 89.8 Å². The van der Waals surface area contributed by atoms with Gasteiger partial charge in [0, 0.05) is 106 Å². The van der Waals surface area contributed by atoms with E-state index in [0.717, 1.165) is 101 Å². The Morgan fingerprint density at radius 1 is 0.263 bits per heavy atom. The van der Waals surface area contributed by atoms with Gasteiger partial charge >= 0.3 is 0 Å². The van der Waals surface area contributed by atoms with Gasteiger partial charge in [-0.2, -0.15) is 0 Å². The van der Waals surface area contributed by atoms with Gasteiger partial charge in [-0.1, -0.05) is 78.9 Å². The Bertz CT molecular complexity index is 6700. The number of nitrogens with zero attached hydrogens (tertiary/aromatic N) is 4. The van der Waals surface area contributed by atoms with Crippen molar-refractivity contribution in [3.8, 4) is 57.5 Å². The molecule has 0 unspecified atom stereocenters. The molecule has 16 aromatic rings. The Morgan fingerprint density at radius 2 is 0.614 bits per heavy atom. The van der Waals surface area contributed by atoms with E-state index in [1.54, 1.807) is 24.3 Å². The third-order valence-electron chi connectivity index (χ3n) is 21.7. The van der Waals surface area contributed by atoms with Crippen LogP contribution in [0.1, 0.15) is 0 Å². The minimum atomic E-state index is -1.25. The maximum Gasteiger partial charge on any atom is 0.273 e. The molecular formula is C88H41B3F12N4O5S2. The van der Waals surface area contributed by atoms with Crippen molar-refractivity contribution in [3.63, 3.8) is 0 Å². The average Bonchev–Trinajstić information content (AvgIpc) is 1.04. The van der Waals surface area contributed by atoms with E-state index in [4.69, 9.17) is 23.7 Å². The molecule has 26 heteroatoms. The van der Waals surface area contributed by atoms with Gasteiger partial charge < -0.3 is 33.5 Å². The number of rotatable bonds is 10. The van der Waals surface area contributed by atoms with Crippen LogP contribution >= 0.6 is 22.7 Å². The molecule has 0 aliphatic carbocycles. The van der Waals surface area contributed by atoms with Crippen molar-refractivity contribution in [2.75, 3.05) is 19.6 Å². The van der Waals surface area contributed by atoms with E-state index in [2.05, 4.69) is 0 Å². The minimum absolute atomic E-state index is 0.0144. The van der Waals surface area contributed by atoms with Gasteiger partial charge in [0.1, 0.15) is 156 Å². The second-order valence-electron chi connectivity index (χ2n) is 28.0. The van der Waals surface area contributed by atoms with Crippen molar-refractivity contribution >= 4 is 179 Å². The number of para-hydroxylation sites is 7. The fourth-order valence-electron chi connectivity index (χ4n) is 17.0. The summed E-state index contributed by atoms with van der Waals surface area (Å²) in [7, 11) is 0. The molecule has 9 nitrogen and oxygen atoms in total. The van der Waals surface area contributed by atoms with E-state index >= 15 is 52.7 Å². The lowest BCUT2D eigenvalue weighted by Crippen LogP contribution is -2.63. The van der Waals surface area contributed by atoms with Crippen LogP contribution in [-0.4, -0.2) is 20.1 Å². The molecule has 0 saturated heterocycles. The monoisotopic (exact) mass is 1560 g/mol. The Balaban J connectivity index is 0.811. The lowest BCUT2D eigenvalue weighted by atomic mass is 9.31. The predicted octanol–water partition coefficient (Wildman–Crippen LogP) is 20.1. The smallest absolute Gasteiger partial charge is 0.273 e. The SMILES string of the molecule is Fc1ccc2sc3c(c2c1)Oc1cc(N(c2c(F)cccc2F)c2c(F)cccc2F)cc2c1B3c1cc3c(cc1O2)Oc1cc(N(c2ccccc2)c2ccccc2)cc2c1B3c1cc3c(cc1O2)N(c1c(F)cccc1F)c1cc(N(c2c(F)cccc2F)c2c(F)cccc2F)cc2c1B3c1sc3ccc(F)cc3c1O2. The number of hydrogen-bond acceptors (Lipinski definition) is 11. The van der Waals surface area contributed by atoms with Gasteiger partial charge in [-0.05, 0) is 155 Å². The van der Waals surface area contributed by atoms with Gasteiger partial charge in [-0.3, -0.25) is 9.80 Å². The number of fused-ring (bicyclic) bond motifs is 16. The summed E-state index contributed by atoms with van der Waals surface area (Å²) in [6, 6.07) is 58.6. The van der Waals surface area contributed by atoms with E-state index in [9.17, 15) is 0 Å². The van der Waals surface area contributed by atoms with Gasteiger partial charge in [0.25, 0.3) is 20.1 Å². The van der Waals surface area contributed by atoms with Crippen molar-refractivity contribution in [3.05, 3.63) is 319 Å². The first kappa shape index (κ1) is 67.5. The fourth-order valence-corrected chi connectivity index (χ4v) is 19.5. The number of thiophene rings is 2. The highest BCUT2D eigenvalue weighted by atomic mass is 32.1. The summed E-state index contributed by atoms with van der Waals surface area (Å²) < 4.78 is 238. The first-order valence-corrected chi connectivity index (χ1v) is 37.3. The van der Waals surface area contributed by atoms with E-state index in [0.29, 0.717) is 73.1 Å². The predicted molar refractivity (Wildman–Crippen MR) is 422 cm³/mol. The Hall–Kier alpha value is -13.4. The summed E-state index contributed by atoms with van der Waals surface area (Å²) >= 11 is 2.55. The highest BCUT2D eigenvalue weighted by Gasteiger charge is 2.51. The van der Waals surface area contributed by atoms with Gasteiger partial charge in [-0.25, -0.2) is 52.7 Å². The van der Waals surface area contributed by atoms with Gasteiger partial charge in [0.05, 0.1) is 17.1 Å².